The third-order valence-electron chi connectivity index (χ3n) is 2.82. The Morgan fingerprint density at radius 2 is 2.11 bits per heavy atom. The van der Waals surface area contributed by atoms with Crippen LogP contribution in [0, 0.1) is 0 Å². The van der Waals surface area contributed by atoms with E-state index in [0.29, 0.717) is 0 Å². The Kier molecular flexibility index (Phi) is 2.97. The Balaban J connectivity index is 2.18. The minimum absolute atomic E-state index is 0.192. The van der Waals surface area contributed by atoms with E-state index >= 15 is 0 Å². The highest BCUT2D eigenvalue weighted by molar-refractivity contribution is 6.99. The first kappa shape index (κ1) is 11.2. The Hall–Kier alpha value is -1.89. The normalized spacial score (nSPS) is 12.7. The third kappa shape index (κ3) is 1.86. The SMILES string of the molecule is NNC(c1cnsn1)c1cccc2cccnc12. The molecule has 0 radical (unpaired) electrons. The first-order valence-corrected chi connectivity index (χ1v) is 6.20. The summed E-state index contributed by atoms with van der Waals surface area (Å²) in [4.78, 5) is 4.42. The molecule has 3 aromatic rings. The predicted molar refractivity (Wildman–Crippen MR) is 70.8 cm³/mol. The molecule has 0 amide bonds. The lowest BCUT2D eigenvalue weighted by atomic mass is 10.0. The summed E-state index contributed by atoms with van der Waals surface area (Å²) < 4.78 is 8.24. The molecule has 5 nitrogen and oxygen atoms in total. The molecule has 0 aliphatic heterocycles. The van der Waals surface area contributed by atoms with Gasteiger partial charge in [0, 0.05) is 17.1 Å². The molecule has 2 heterocycles. The van der Waals surface area contributed by atoms with Crippen LogP contribution in [0.3, 0.4) is 0 Å². The van der Waals surface area contributed by atoms with Crippen LogP contribution in [-0.2, 0) is 0 Å². The van der Waals surface area contributed by atoms with E-state index in [1.54, 1.807) is 12.4 Å². The summed E-state index contributed by atoms with van der Waals surface area (Å²) >= 11 is 1.17. The smallest absolute Gasteiger partial charge is 0.0971 e. The van der Waals surface area contributed by atoms with Gasteiger partial charge >= 0.3 is 0 Å². The van der Waals surface area contributed by atoms with Crippen LogP contribution < -0.4 is 11.3 Å². The molecule has 1 atom stereocenters. The van der Waals surface area contributed by atoms with Gasteiger partial charge in [0.25, 0.3) is 0 Å². The van der Waals surface area contributed by atoms with E-state index in [1.165, 1.54) is 11.7 Å². The maximum atomic E-state index is 5.65. The average Bonchev–Trinajstić information content (AvgIpc) is 2.94. The second-order valence-corrected chi connectivity index (χ2v) is 4.41. The largest absolute Gasteiger partial charge is 0.271 e. The Labute approximate surface area is 108 Å². The van der Waals surface area contributed by atoms with E-state index in [1.807, 2.05) is 30.3 Å². The van der Waals surface area contributed by atoms with Gasteiger partial charge in [-0.15, -0.1) is 0 Å². The van der Waals surface area contributed by atoms with Gasteiger partial charge in [0.1, 0.15) is 0 Å². The third-order valence-corrected chi connectivity index (χ3v) is 3.31. The first-order valence-electron chi connectivity index (χ1n) is 5.47. The second kappa shape index (κ2) is 4.77. The zero-order valence-electron chi connectivity index (χ0n) is 9.45. The monoisotopic (exact) mass is 257 g/mol. The van der Waals surface area contributed by atoms with Crippen LogP contribution in [0.25, 0.3) is 10.9 Å². The summed E-state index contributed by atoms with van der Waals surface area (Å²) in [6.07, 6.45) is 3.50. The van der Waals surface area contributed by atoms with Crippen LogP contribution in [0.4, 0.5) is 0 Å². The summed E-state index contributed by atoms with van der Waals surface area (Å²) in [5, 5.41) is 1.08. The van der Waals surface area contributed by atoms with E-state index in [0.717, 1.165) is 22.2 Å². The van der Waals surface area contributed by atoms with Crippen molar-refractivity contribution in [2.24, 2.45) is 5.84 Å². The van der Waals surface area contributed by atoms with Crippen molar-refractivity contribution in [1.82, 2.24) is 19.2 Å². The number of fused-ring (bicyclic) bond motifs is 1. The molecule has 2 aromatic heterocycles. The van der Waals surface area contributed by atoms with Crippen molar-refractivity contribution in [1.29, 1.82) is 0 Å². The molecule has 0 fully saturated rings. The van der Waals surface area contributed by atoms with Gasteiger partial charge < -0.3 is 0 Å². The molecule has 1 aromatic carbocycles. The van der Waals surface area contributed by atoms with Crippen LogP contribution in [0.1, 0.15) is 17.3 Å². The molecule has 0 spiro atoms. The van der Waals surface area contributed by atoms with Crippen LogP contribution in [0.15, 0.2) is 42.7 Å². The van der Waals surface area contributed by atoms with Gasteiger partial charge in [-0.2, -0.15) is 8.75 Å². The number of nitrogens with two attached hydrogens (primary N) is 1. The van der Waals surface area contributed by atoms with Gasteiger partial charge in [0.15, 0.2) is 0 Å². The minimum atomic E-state index is -0.192. The summed E-state index contributed by atoms with van der Waals surface area (Å²) in [7, 11) is 0. The Morgan fingerprint density at radius 1 is 1.22 bits per heavy atom. The van der Waals surface area contributed by atoms with Crippen molar-refractivity contribution < 1.29 is 0 Å². The van der Waals surface area contributed by atoms with E-state index < -0.39 is 0 Å². The highest BCUT2D eigenvalue weighted by Gasteiger charge is 2.17. The van der Waals surface area contributed by atoms with Crippen molar-refractivity contribution in [2.45, 2.75) is 6.04 Å². The lowest BCUT2D eigenvalue weighted by Gasteiger charge is -2.15. The number of hydrogen-bond donors (Lipinski definition) is 2. The van der Waals surface area contributed by atoms with E-state index in [2.05, 4.69) is 19.2 Å². The fraction of sp³-hybridized carbons (Fsp3) is 0.0833. The van der Waals surface area contributed by atoms with Gasteiger partial charge in [-0.05, 0) is 6.07 Å². The van der Waals surface area contributed by atoms with E-state index in [4.69, 9.17) is 5.84 Å². The first-order chi connectivity index (χ1) is 8.90. The van der Waals surface area contributed by atoms with Crippen LogP contribution in [-0.4, -0.2) is 13.7 Å². The molecular formula is C12H11N5S. The lowest BCUT2D eigenvalue weighted by Crippen LogP contribution is -2.29. The van der Waals surface area contributed by atoms with E-state index in [-0.39, 0.29) is 6.04 Å². The van der Waals surface area contributed by atoms with Crippen LogP contribution >= 0.6 is 11.7 Å². The molecule has 1 unspecified atom stereocenters. The summed E-state index contributed by atoms with van der Waals surface area (Å²) in [5.41, 5.74) is 5.51. The van der Waals surface area contributed by atoms with Crippen molar-refractivity contribution in [3.05, 3.63) is 54.0 Å². The van der Waals surface area contributed by atoms with Gasteiger partial charge in [-0.25, -0.2) is 5.43 Å². The summed E-state index contributed by atoms with van der Waals surface area (Å²) in [6, 6.07) is 9.77. The molecule has 90 valence electrons. The number of para-hydroxylation sites is 1. The average molecular weight is 257 g/mol. The number of nitrogens with one attached hydrogen (secondary N) is 1. The number of hydrazine groups is 1. The van der Waals surface area contributed by atoms with Crippen molar-refractivity contribution in [3.8, 4) is 0 Å². The molecule has 6 heteroatoms. The number of nitrogens with zero attached hydrogens (tertiary/aromatic N) is 3. The fourth-order valence-electron chi connectivity index (χ4n) is 1.99. The quantitative estimate of drug-likeness (QED) is 0.551. The van der Waals surface area contributed by atoms with Crippen LogP contribution in [0.5, 0.6) is 0 Å². The lowest BCUT2D eigenvalue weighted by molar-refractivity contribution is 0.628. The summed E-state index contributed by atoms with van der Waals surface area (Å²) in [5.74, 6) is 5.65. The molecule has 0 saturated heterocycles. The van der Waals surface area contributed by atoms with Gasteiger partial charge in [0.05, 0.1) is 35.2 Å². The Morgan fingerprint density at radius 3 is 2.89 bits per heavy atom. The topological polar surface area (TPSA) is 76.7 Å². The highest BCUT2D eigenvalue weighted by Crippen LogP contribution is 2.26. The van der Waals surface area contributed by atoms with Gasteiger partial charge in [0.2, 0.25) is 0 Å². The van der Waals surface area contributed by atoms with Gasteiger partial charge in [-0.3, -0.25) is 10.8 Å². The molecular weight excluding hydrogens is 246 g/mol. The molecule has 3 rings (SSSR count). The number of pyridine rings is 1. The van der Waals surface area contributed by atoms with Crippen molar-refractivity contribution in [3.63, 3.8) is 0 Å². The standard InChI is InChI=1S/C12H11N5S/c13-16-12(10-7-15-18-17-10)9-5-1-3-8-4-2-6-14-11(8)9/h1-7,12,16H,13H2. The molecule has 18 heavy (non-hydrogen) atoms. The van der Waals surface area contributed by atoms with Gasteiger partial charge in [-0.1, -0.05) is 24.3 Å². The number of aromatic nitrogens is 3. The molecule has 0 aliphatic rings. The molecule has 0 saturated carbocycles. The predicted octanol–water partition coefficient (Wildman–Crippen LogP) is 1.64. The number of hydrogen-bond acceptors (Lipinski definition) is 6. The maximum absolute atomic E-state index is 5.65. The summed E-state index contributed by atoms with van der Waals surface area (Å²) in [6.45, 7) is 0. The maximum Gasteiger partial charge on any atom is 0.0971 e. The number of benzene rings is 1. The Bertz CT molecular complexity index is 647. The molecule has 0 bridgehead atoms. The van der Waals surface area contributed by atoms with Crippen molar-refractivity contribution in [2.75, 3.05) is 0 Å². The van der Waals surface area contributed by atoms with Crippen LogP contribution in [0.2, 0.25) is 0 Å². The number of rotatable bonds is 3. The highest BCUT2D eigenvalue weighted by atomic mass is 32.1. The minimum Gasteiger partial charge on any atom is -0.271 e. The fourth-order valence-corrected chi connectivity index (χ4v) is 2.44. The van der Waals surface area contributed by atoms with Crippen molar-refractivity contribution >= 4 is 22.6 Å². The van der Waals surface area contributed by atoms with E-state index in [9.17, 15) is 0 Å². The molecule has 0 aliphatic carbocycles. The zero-order chi connectivity index (χ0) is 12.4. The zero-order valence-corrected chi connectivity index (χ0v) is 10.3. The molecule has 3 N–H and O–H groups in total. The second-order valence-electron chi connectivity index (χ2n) is 3.85.